The molecule has 1 amide bonds. The minimum absolute atomic E-state index is 0.0648. The van der Waals surface area contributed by atoms with Crippen LogP contribution in [-0.4, -0.2) is 33.6 Å². The average Bonchev–Trinajstić information content (AvgIpc) is 2.78. The molecule has 0 unspecified atom stereocenters. The second-order valence-corrected chi connectivity index (χ2v) is 8.37. The van der Waals surface area contributed by atoms with E-state index in [9.17, 15) is 22.4 Å². The van der Waals surface area contributed by atoms with Crippen molar-refractivity contribution >= 4 is 11.6 Å². The van der Waals surface area contributed by atoms with Crippen LogP contribution in [0.2, 0.25) is 0 Å². The fourth-order valence-corrected chi connectivity index (χ4v) is 3.83. The zero-order valence-corrected chi connectivity index (χ0v) is 18.4. The highest BCUT2D eigenvalue weighted by Gasteiger charge is 2.36. The Hall–Kier alpha value is -3.40. The minimum Gasteiger partial charge on any atom is -0.320 e. The molecule has 2 aromatic heterocycles. The third-order valence-electron chi connectivity index (χ3n) is 5.66. The number of ether oxygens (including phenoxy) is 1. The van der Waals surface area contributed by atoms with Gasteiger partial charge in [0.15, 0.2) is 0 Å². The monoisotopic (exact) mass is 474 g/mol. The number of rotatable bonds is 7. The maximum absolute atomic E-state index is 14.6. The van der Waals surface area contributed by atoms with Gasteiger partial charge in [0, 0.05) is 41.6 Å². The molecule has 4 rings (SSSR count). The van der Waals surface area contributed by atoms with Crippen LogP contribution in [0.3, 0.4) is 0 Å². The zero-order valence-electron chi connectivity index (χ0n) is 18.4. The van der Waals surface area contributed by atoms with E-state index in [0.717, 1.165) is 18.2 Å². The lowest BCUT2D eigenvalue weighted by atomic mass is 9.78. The van der Waals surface area contributed by atoms with Gasteiger partial charge in [0.05, 0.1) is 23.0 Å². The second-order valence-electron chi connectivity index (χ2n) is 8.37. The summed E-state index contributed by atoms with van der Waals surface area (Å²) in [4.78, 5) is 25.7. The predicted molar refractivity (Wildman–Crippen MR) is 117 cm³/mol. The van der Waals surface area contributed by atoms with Gasteiger partial charge in [-0.2, -0.15) is 8.78 Å². The zero-order chi connectivity index (χ0) is 24.4. The molecule has 0 saturated heterocycles. The van der Waals surface area contributed by atoms with E-state index in [1.54, 1.807) is 0 Å². The van der Waals surface area contributed by atoms with E-state index in [-0.39, 0.29) is 47.1 Å². The molecule has 0 radical (unpaired) electrons. The summed E-state index contributed by atoms with van der Waals surface area (Å²) in [6, 6.07) is 4.46. The molecular formula is C24H22F4N4O2. The van der Waals surface area contributed by atoms with Gasteiger partial charge in [0.2, 0.25) is 0 Å². The number of pyridine rings is 1. The van der Waals surface area contributed by atoms with E-state index in [1.165, 1.54) is 24.7 Å². The Morgan fingerprint density at radius 1 is 1.06 bits per heavy atom. The Balaban J connectivity index is 1.70. The fraction of sp³-hybridized carbons (Fsp3) is 0.333. The van der Waals surface area contributed by atoms with Crippen LogP contribution in [0, 0.1) is 11.6 Å². The number of benzene rings is 1. The summed E-state index contributed by atoms with van der Waals surface area (Å²) in [6.45, 7) is 0.945. The number of nitrogens with zero attached hydrogens (tertiary/aromatic N) is 3. The van der Waals surface area contributed by atoms with Crippen LogP contribution < -0.4 is 5.32 Å². The summed E-state index contributed by atoms with van der Waals surface area (Å²) in [5.41, 5.74) is 0.865. The Bertz CT molecular complexity index is 1180. The van der Waals surface area contributed by atoms with Crippen molar-refractivity contribution in [2.24, 2.45) is 0 Å². The number of alkyl halides is 2. The van der Waals surface area contributed by atoms with Crippen molar-refractivity contribution in [3.05, 3.63) is 71.6 Å². The molecule has 1 aliphatic carbocycles. The van der Waals surface area contributed by atoms with Gasteiger partial charge in [-0.1, -0.05) is 13.8 Å². The highest BCUT2D eigenvalue weighted by Crippen LogP contribution is 2.44. The Kier molecular flexibility index (Phi) is 6.87. The number of anilines is 1. The Morgan fingerprint density at radius 2 is 1.76 bits per heavy atom. The summed E-state index contributed by atoms with van der Waals surface area (Å²) in [6.07, 6.45) is 4.02. The maximum Gasteiger partial charge on any atom is 0.345 e. The van der Waals surface area contributed by atoms with E-state index >= 15 is 0 Å². The van der Waals surface area contributed by atoms with E-state index in [0.29, 0.717) is 11.5 Å². The van der Waals surface area contributed by atoms with Crippen molar-refractivity contribution in [3.8, 4) is 11.1 Å². The second kappa shape index (κ2) is 9.84. The highest BCUT2D eigenvalue weighted by molar-refractivity contribution is 6.06. The molecular weight excluding hydrogens is 452 g/mol. The molecule has 10 heteroatoms. The minimum atomic E-state index is -2.89. The Morgan fingerprint density at radius 3 is 2.41 bits per heavy atom. The van der Waals surface area contributed by atoms with Gasteiger partial charge in [0.1, 0.15) is 17.5 Å². The summed E-state index contributed by atoms with van der Waals surface area (Å²) < 4.78 is 58.2. The number of amides is 1. The number of carbonyl (C=O) groups is 1. The van der Waals surface area contributed by atoms with E-state index in [2.05, 4.69) is 25.0 Å². The molecule has 1 aromatic carbocycles. The lowest BCUT2D eigenvalue weighted by Crippen LogP contribution is -2.32. The van der Waals surface area contributed by atoms with Crippen LogP contribution in [0.25, 0.3) is 11.1 Å². The van der Waals surface area contributed by atoms with Crippen LogP contribution in [0.15, 0.2) is 42.9 Å². The SMILES string of the molecule is CC(C)c1ncc(C(=O)Nc2c(-c3cc(F)ccc3F)ccnc2C2CC(OC(F)F)C2)cn1. The normalized spacial score (nSPS) is 17.6. The summed E-state index contributed by atoms with van der Waals surface area (Å²) in [5, 5.41) is 2.73. The number of nitrogens with one attached hydrogen (secondary N) is 1. The molecule has 0 bridgehead atoms. The first-order valence-electron chi connectivity index (χ1n) is 10.7. The van der Waals surface area contributed by atoms with Crippen molar-refractivity contribution in [2.45, 2.75) is 51.2 Å². The molecule has 6 nitrogen and oxygen atoms in total. The quantitative estimate of drug-likeness (QED) is 0.446. The molecule has 1 N–H and O–H groups in total. The standard InChI is InChI=1S/C24H22F4N4O2/c1-12(2)22-30-10-14(11-31-22)23(33)32-21-17(18-9-15(25)3-4-19(18)26)5-6-29-20(21)13-7-16(8-13)34-24(27)28/h3-6,9-13,16,24H,7-8H2,1-2H3,(H,32,33). The number of aromatic nitrogens is 3. The van der Waals surface area contributed by atoms with Gasteiger partial charge in [-0.05, 0) is 37.1 Å². The maximum atomic E-state index is 14.6. The van der Waals surface area contributed by atoms with Gasteiger partial charge in [-0.3, -0.25) is 9.78 Å². The largest absolute Gasteiger partial charge is 0.345 e. The molecule has 0 spiro atoms. The van der Waals surface area contributed by atoms with Gasteiger partial charge < -0.3 is 10.1 Å². The molecule has 1 aliphatic rings. The topological polar surface area (TPSA) is 77.0 Å². The molecule has 178 valence electrons. The van der Waals surface area contributed by atoms with Gasteiger partial charge in [-0.25, -0.2) is 18.7 Å². The van der Waals surface area contributed by atoms with E-state index in [4.69, 9.17) is 0 Å². The first-order chi connectivity index (χ1) is 16.2. The number of hydrogen-bond acceptors (Lipinski definition) is 5. The van der Waals surface area contributed by atoms with E-state index in [1.807, 2.05) is 13.8 Å². The van der Waals surface area contributed by atoms with Crippen molar-refractivity contribution in [1.29, 1.82) is 0 Å². The number of carbonyl (C=O) groups excluding carboxylic acids is 1. The summed E-state index contributed by atoms with van der Waals surface area (Å²) in [7, 11) is 0. The first-order valence-corrected chi connectivity index (χ1v) is 10.7. The van der Waals surface area contributed by atoms with Crippen molar-refractivity contribution in [1.82, 2.24) is 15.0 Å². The van der Waals surface area contributed by atoms with Crippen molar-refractivity contribution < 1.29 is 27.1 Å². The summed E-state index contributed by atoms with van der Waals surface area (Å²) >= 11 is 0. The third kappa shape index (κ3) is 5.06. The molecule has 3 aromatic rings. The molecule has 0 aliphatic heterocycles. The van der Waals surface area contributed by atoms with Crippen LogP contribution >= 0.6 is 0 Å². The van der Waals surface area contributed by atoms with Crippen molar-refractivity contribution in [2.75, 3.05) is 5.32 Å². The summed E-state index contributed by atoms with van der Waals surface area (Å²) in [5.74, 6) is -1.57. The van der Waals surface area contributed by atoms with Crippen LogP contribution in [0.5, 0.6) is 0 Å². The first kappa shape index (κ1) is 23.7. The Labute approximate surface area is 193 Å². The lowest BCUT2D eigenvalue weighted by Gasteiger charge is -2.35. The molecule has 2 heterocycles. The van der Waals surface area contributed by atoms with Crippen molar-refractivity contribution in [3.63, 3.8) is 0 Å². The molecule has 34 heavy (non-hydrogen) atoms. The lowest BCUT2D eigenvalue weighted by molar-refractivity contribution is -0.184. The van der Waals surface area contributed by atoms with E-state index < -0.39 is 30.3 Å². The van der Waals surface area contributed by atoms with Crippen LogP contribution in [0.4, 0.5) is 23.2 Å². The molecule has 0 atom stereocenters. The van der Waals surface area contributed by atoms with Crippen LogP contribution in [0.1, 0.15) is 60.4 Å². The molecule has 1 saturated carbocycles. The van der Waals surface area contributed by atoms with Gasteiger partial charge >= 0.3 is 6.61 Å². The predicted octanol–water partition coefficient (Wildman–Crippen LogP) is 5.68. The van der Waals surface area contributed by atoms with Crippen LogP contribution in [-0.2, 0) is 4.74 Å². The molecule has 1 fully saturated rings. The van der Waals surface area contributed by atoms with Gasteiger partial charge in [-0.15, -0.1) is 0 Å². The third-order valence-corrected chi connectivity index (χ3v) is 5.66. The number of halogens is 4. The highest BCUT2D eigenvalue weighted by atomic mass is 19.3. The average molecular weight is 474 g/mol. The fourth-order valence-electron chi connectivity index (χ4n) is 3.83. The number of hydrogen-bond donors (Lipinski definition) is 1. The smallest absolute Gasteiger partial charge is 0.320 e. The van der Waals surface area contributed by atoms with Gasteiger partial charge in [0.25, 0.3) is 5.91 Å².